The second kappa shape index (κ2) is 24.0. The molecule has 2 saturated heterocycles. The van der Waals surface area contributed by atoms with Crippen LogP contribution in [0.3, 0.4) is 0 Å². The lowest BCUT2D eigenvalue weighted by atomic mass is 9.93. The van der Waals surface area contributed by atoms with Gasteiger partial charge in [0.1, 0.15) is 13.2 Å². The molecule has 0 radical (unpaired) electrons. The SMILES string of the molecule is C=CCOC(=O)N1CCC(c2cc(CCc3ccc(Cl)s3)[nH]n2)CC1.C=CCOC(=O)N1CCC(c2cc(CCc3ccc(Cl)s3)n(C(=O)C(C)(C)C)n2)CC1.CC(C)(C)C(=O)O. The van der Waals surface area contributed by atoms with Crippen molar-refractivity contribution in [3.63, 3.8) is 0 Å². The molecule has 13 nitrogen and oxygen atoms in total. The van der Waals surface area contributed by atoms with E-state index in [0.717, 1.165) is 82.8 Å². The van der Waals surface area contributed by atoms with Crippen LogP contribution in [-0.2, 0) is 40.0 Å². The summed E-state index contributed by atoms with van der Waals surface area (Å²) in [6.45, 7) is 21.0. The first-order valence-corrected chi connectivity index (χ1v) is 23.6. The molecule has 0 aromatic carbocycles. The molecule has 2 fully saturated rings. The molecule has 0 bridgehead atoms. The number of carboxylic acid groups (broad SMARTS) is 1. The van der Waals surface area contributed by atoms with Crippen LogP contribution in [0.15, 0.2) is 61.7 Å². The van der Waals surface area contributed by atoms with Crippen LogP contribution in [0.25, 0.3) is 0 Å². The van der Waals surface area contributed by atoms with Crippen LogP contribution in [0.1, 0.15) is 116 Å². The maximum Gasteiger partial charge on any atom is 0.410 e. The number of nitrogens with one attached hydrogen (secondary N) is 1. The summed E-state index contributed by atoms with van der Waals surface area (Å²) < 4.78 is 13.4. The van der Waals surface area contributed by atoms with E-state index in [1.807, 2.05) is 39.0 Å². The highest BCUT2D eigenvalue weighted by molar-refractivity contribution is 7.16. The van der Waals surface area contributed by atoms with Crippen LogP contribution in [0.2, 0.25) is 8.67 Å². The number of aryl methyl sites for hydroxylation is 4. The Morgan fingerprint density at radius 3 is 1.62 bits per heavy atom. The maximum atomic E-state index is 13.0. The Morgan fingerprint density at radius 1 is 0.746 bits per heavy atom. The van der Waals surface area contributed by atoms with Crippen LogP contribution >= 0.6 is 45.9 Å². The number of rotatable bonds is 12. The number of H-pyrrole nitrogens is 1. The molecule has 17 heteroatoms. The Bertz CT molecular complexity index is 2130. The molecule has 0 aliphatic carbocycles. The number of carbonyl (C=O) groups excluding carboxylic acids is 3. The van der Waals surface area contributed by atoms with Crippen molar-refractivity contribution in [3.05, 3.63) is 103 Å². The Hall–Kier alpha value is -4.44. The summed E-state index contributed by atoms with van der Waals surface area (Å²) in [6.07, 6.45) is 9.43. The number of carboxylic acids is 1. The van der Waals surface area contributed by atoms with Gasteiger partial charge in [0.15, 0.2) is 0 Å². The molecule has 0 saturated carbocycles. The number of amides is 2. The number of hydrogen-bond acceptors (Lipinski definition) is 10. The minimum atomic E-state index is -0.757. The fraction of sp³-hybridized carbons (Fsp3) is 0.522. The third-order valence-electron chi connectivity index (χ3n) is 10.4. The van der Waals surface area contributed by atoms with Gasteiger partial charge in [-0.2, -0.15) is 10.2 Å². The van der Waals surface area contributed by atoms with Gasteiger partial charge in [-0.05, 0) is 109 Å². The van der Waals surface area contributed by atoms with Crippen LogP contribution in [0.4, 0.5) is 9.59 Å². The molecular formula is C46H62Cl2N6O7S2. The molecule has 4 aromatic heterocycles. The first kappa shape index (κ1) is 51.2. The summed E-state index contributed by atoms with van der Waals surface area (Å²) in [5, 5.41) is 20.6. The zero-order valence-electron chi connectivity index (χ0n) is 37.3. The minimum absolute atomic E-state index is 0.0107. The van der Waals surface area contributed by atoms with E-state index < -0.39 is 16.8 Å². The number of aromatic nitrogens is 4. The highest BCUT2D eigenvalue weighted by Gasteiger charge is 2.31. The Labute approximate surface area is 389 Å². The van der Waals surface area contributed by atoms with Gasteiger partial charge in [-0.1, -0.05) is 69.3 Å². The van der Waals surface area contributed by atoms with Gasteiger partial charge in [0.25, 0.3) is 5.91 Å². The van der Waals surface area contributed by atoms with Gasteiger partial charge in [-0.25, -0.2) is 14.3 Å². The predicted octanol–water partition coefficient (Wildman–Crippen LogP) is 11.1. The van der Waals surface area contributed by atoms with Crippen molar-refractivity contribution in [2.24, 2.45) is 10.8 Å². The van der Waals surface area contributed by atoms with Gasteiger partial charge < -0.3 is 24.4 Å². The van der Waals surface area contributed by atoms with Crippen molar-refractivity contribution in [3.8, 4) is 0 Å². The zero-order valence-corrected chi connectivity index (χ0v) is 40.4. The van der Waals surface area contributed by atoms with E-state index in [9.17, 15) is 19.2 Å². The number of nitrogens with zero attached hydrogens (tertiary/aromatic N) is 5. The number of thiophene rings is 2. The molecule has 0 atom stereocenters. The third-order valence-corrected chi connectivity index (χ3v) is 13.0. The molecule has 0 unspecified atom stereocenters. The molecule has 2 N–H and O–H groups in total. The molecule has 0 spiro atoms. The lowest BCUT2D eigenvalue weighted by Crippen LogP contribution is -2.38. The van der Waals surface area contributed by atoms with Crippen LogP contribution in [-0.4, -0.2) is 98.3 Å². The van der Waals surface area contributed by atoms with E-state index in [1.165, 1.54) is 9.75 Å². The molecule has 63 heavy (non-hydrogen) atoms. The largest absolute Gasteiger partial charge is 0.481 e. The van der Waals surface area contributed by atoms with Crippen molar-refractivity contribution >= 4 is 69.9 Å². The summed E-state index contributed by atoms with van der Waals surface area (Å²) in [6, 6.07) is 12.2. The van der Waals surface area contributed by atoms with Gasteiger partial charge in [0.2, 0.25) is 0 Å². The first-order chi connectivity index (χ1) is 29.8. The molecule has 2 aliphatic heterocycles. The quantitative estimate of drug-likeness (QED) is 0.132. The maximum absolute atomic E-state index is 13.0. The van der Waals surface area contributed by atoms with E-state index in [2.05, 4.69) is 41.6 Å². The van der Waals surface area contributed by atoms with Gasteiger partial charge in [0, 0.05) is 64.6 Å². The second-order valence-corrected chi connectivity index (χ2v) is 21.2. The van der Waals surface area contributed by atoms with Crippen molar-refractivity contribution in [2.45, 2.75) is 105 Å². The first-order valence-electron chi connectivity index (χ1n) is 21.2. The van der Waals surface area contributed by atoms with E-state index in [-0.39, 0.29) is 37.2 Å². The van der Waals surface area contributed by atoms with Crippen molar-refractivity contribution in [2.75, 3.05) is 39.4 Å². The molecule has 4 aromatic rings. The molecule has 6 rings (SSSR count). The highest BCUT2D eigenvalue weighted by atomic mass is 35.5. The number of hydrogen-bond donors (Lipinski definition) is 2. The topological polar surface area (TPSA) is 160 Å². The fourth-order valence-corrected chi connectivity index (χ4v) is 8.84. The standard InChI is InChI=1S/C23H30ClN3O3S.C18H22ClN3O2S.C5H10O2/c1-5-14-30-22(29)26-12-10-16(11-13-26)19-15-17(6-7-18-8-9-20(24)31-18)27(25-19)21(28)23(2,3)4;1-2-11-24-18(23)22-9-7-13(8-10-22)16-12-14(20-21-16)3-4-15-5-6-17(19)25-15;1-5(2,3)4(6)7/h5,8-9,15-16H,1,6-7,10-14H2,2-4H3;2,5-6,12-13H,1,3-4,7-11H2,(H,20,21);1-3H3,(H,6,7). The lowest BCUT2D eigenvalue weighted by molar-refractivity contribution is -0.145. The number of aromatic amines is 1. The molecular weight excluding hydrogens is 884 g/mol. The van der Waals surface area contributed by atoms with Crippen LogP contribution < -0.4 is 0 Å². The lowest BCUT2D eigenvalue weighted by Gasteiger charge is -2.30. The average Bonchev–Trinajstić information content (AvgIpc) is 4.08. The van der Waals surface area contributed by atoms with Crippen molar-refractivity contribution in [1.29, 1.82) is 0 Å². The molecule has 2 aliphatic rings. The number of ether oxygens (including phenoxy) is 2. The summed E-state index contributed by atoms with van der Waals surface area (Å²) in [5.41, 5.74) is 2.98. The van der Waals surface area contributed by atoms with Crippen molar-refractivity contribution < 1.29 is 33.8 Å². The Kier molecular flexibility index (Phi) is 19.5. The van der Waals surface area contributed by atoms with Gasteiger partial charge in [-0.15, -0.1) is 22.7 Å². The van der Waals surface area contributed by atoms with E-state index in [0.29, 0.717) is 32.1 Å². The highest BCUT2D eigenvalue weighted by Crippen LogP contribution is 2.31. The normalized spacial score (nSPS) is 14.8. The monoisotopic (exact) mass is 944 g/mol. The number of halogens is 2. The van der Waals surface area contributed by atoms with Crippen LogP contribution in [0, 0.1) is 10.8 Å². The van der Waals surface area contributed by atoms with Crippen molar-refractivity contribution in [1.82, 2.24) is 29.8 Å². The second-order valence-electron chi connectivity index (χ2n) is 17.6. The Morgan fingerprint density at radius 2 is 1.21 bits per heavy atom. The molecule has 6 heterocycles. The summed E-state index contributed by atoms with van der Waals surface area (Å²) >= 11 is 15.2. The Balaban J connectivity index is 0.000000244. The van der Waals surface area contributed by atoms with E-state index >= 15 is 0 Å². The number of piperidine rings is 2. The van der Waals surface area contributed by atoms with Gasteiger partial charge in [0.05, 0.1) is 25.5 Å². The summed E-state index contributed by atoms with van der Waals surface area (Å²) in [5.74, 6) is -0.159. The third kappa shape index (κ3) is 16.3. The van der Waals surface area contributed by atoms with Crippen LogP contribution in [0.5, 0.6) is 0 Å². The van der Waals surface area contributed by atoms with Gasteiger partial charge >= 0.3 is 18.2 Å². The predicted molar refractivity (Wildman–Crippen MR) is 252 cm³/mol. The smallest absolute Gasteiger partial charge is 0.410 e. The molecule has 344 valence electrons. The van der Waals surface area contributed by atoms with E-state index in [1.54, 1.807) is 70.1 Å². The van der Waals surface area contributed by atoms with E-state index in [4.69, 9.17) is 42.9 Å². The number of likely N-dealkylation sites (tertiary alicyclic amines) is 2. The fourth-order valence-electron chi connectivity index (χ4n) is 6.67. The number of carbonyl (C=O) groups is 4. The molecule has 2 amide bonds. The average molecular weight is 946 g/mol. The van der Waals surface area contributed by atoms with Gasteiger partial charge in [-0.3, -0.25) is 14.7 Å². The minimum Gasteiger partial charge on any atom is -0.481 e. The summed E-state index contributed by atoms with van der Waals surface area (Å²) in [7, 11) is 0. The summed E-state index contributed by atoms with van der Waals surface area (Å²) in [4.78, 5) is 52.9. The zero-order chi connectivity index (χ0) is 46.3. The number of aliphatic carboxylic acids is 1.